The van der Waals surface area contributed by atoms with Gasteiger partial charge < -0.3 is 5.11 Å². The quantitative estimate of drug-likeness (QED) is 0.806. The van der Waals surface area contributed by atoms with Crippen LogP contribution in [0.25, 0.3) is 0 Å². The molecule has 3 nitrogen and oxygen atoms in total. The van der Waals surface area contributed by atoms with Gasteiger partial charge in [-0.1, -0.05) is 6.42 Å². The average Bonchev–Trinajstić information content (AvgIpc) is 2.87. The van der Waals surface area contributed by atoms with Gasteiger partial charge in [0.15, 0.2) is 5.78 Å². The number of carbonyl (C=O) groups is 2. The Labute approximate surface area is 119 Å². The Hall–Kier alpha value is -0.200. The van der Waals surface area contributed by atoms with E-state index in [4.69, 9.17) is 5.11 Å². The highest BCUT2D eigenvalue weighted by atomic mass is 79.9. The number of rotatable bonds is 3. The van der Waals surface area contributed by atoms with Gasteiger partial charge in [-0.25, -0.2) is 0 Å². The first-order valence-electron chi connectivity index (χ1n) is 5.22. The summed E-state index contributed by atoms with van der Waals surface area (Å²) in [6, 6.07) is 0. The number of carboxylic acid groups (broad SMARTS) is 1. The van der Waals surface area contributed by atoms with Gasteiger partial charge >= 0.3 is 5.97 Å². The van der Waals surface area contributed by atoms with Crippen LogP contribution in [0, 0.1) is 11.8 Å². The summed E-state index contributed by atoms with van der Waals surface area (Å²) in [5.41, 5.74) is 0. The first kappa shape index (κ1) is 13.2. The third-order valence-corrected chi connectivity index (χ3v) is 6.62. The van der Waals surface area contributed by atoms with Crippen molar-refractivity contribution in [1.29, 1.82) is 0 Å². The summed E-state index contributed by atoms with van der Waals surface area (Å²) in [6.45, 7) is 0. The van der Waals surface area contributed by atoms with E-state index in [-0.39, 0.29) is 11.7 Å². The van der Waals surface area contributed by atoms with E-state index in [1.54, 1.807) is 0 Å². The largest absolute Gasteiger partial charge is 0.481 e. The molecule has 1 N–H and O–H groups in total. The molecule has 0 aliphatic heterocycles. The van der Waals surface area contributed by atoms with Crippen LogP contribution < -0.4 is 0 Å². The monoisotopic (exact) mass is 380 g/mol. The van der Waals surface area contributed by atoms with E-state index in [0.717, 1.165) is 15.4 Å². The summed E-state index contributed by atoms with van der Waals surface area (Å²) in [6.07, 6.45) is 2.10. The molecule has 1 aromatic rings. The molecule has 1 fully saturated rings. The van der Waals surface area contributed by atoms with E-state index in [1.807, 2.05) is 5.38 Å². The number of halogens is 2. The zero-order valence-electron chi connectivity index (χ0n) is 8.78. The SMILES string of the molecule is O=C(O)C1CCCC1C(=O)c1scc(Br)c1Br. The summed E-state index contributed by atoms with van der Waals surface area (Å²) in [7, 11) is 0. The van der Waals surface area contributed by atoms with Crippen LogP contribution in [0.15, 0.2) is 14.3 Å². The molecule has 0 bridgehead atoms. The fourth-order valence-corrected chi connectivity index (χ4v) is 4.40. The van der Waals surface area contributed by atoms with E-state index in [1.165, 1.54) is 11.3 Å². The van der Waals surface area contributed by atoms with E-state index in [2.05, 4.69) is 31.9 Å². The van der Waals surface area contributed by atoms with Gasteiger partial charge in [0.1, 0.15) is 0 Å². The maximum Gasteiger partial charge on any atom is 0.307 e. The molecular weight excluding hydrogens is 372 g/mol. The summed E-state index contributed by atoms with van der Waals surface area (Å²) in [5.74, 6) is -1.78. The number of thiophene rings is 1. The molecule has 1 aliphatic carbocycles. The lowest BCUT2D eigenvalue weighted by molar-refractivity contribution is -0.142. The van der Waals surface area contributed by atoms with Crippen LogP contribution >= 0.6 is 43.2 Å². The summed E-state index contributed by atoms with van der Waals surface area (Å²) >= 11 is 8.03. The maximum atomic E-state index is 12.3. The number of hydrogen-bond acceptors (Lipinski definition) is 3. The maximum absolute atomic E-state index is 12.3. The van der Waals surface area contributed by atoms with Crippen LogP contribution in [0.4, 0.5) is 0 Å². The van der Waals surface area contributed by atoms with Crippen molar-refractivity contribution in [3.63, 3.8) is 0 Å². The molecule has 92 valence electrons. The molecule has 2 rings (SSSR count). The number of ketones is 1. The van der Waals surface area contributed by atoms with Crippen LogP contribution in [0.2, 0.25) is 0 Å². The second-order valence-electron chi connectivity index (χ2n) is 4.07. The van der Waals surface area contributed by atoms with Gasteiger partial charge in [0.2, 0.25) is 0 Å². The topological polar surface area (TPSA) is 54.4 Å². The van der Waals surface area contributed by atoms with Gasteiger partial charge in [-0.2, -0.15) is 0 Å². The molecule has 0 spiro atoms. The van der Waals surface area contributed by atoms with Gasteiger partial charge in [-0.3, -0.25) is 9.59 Å². The van der Waals surface area contributed by atoms with Crippen LogP contribution in [-0.2, 0) is 4.79 Å². The van der Waals surface area contributed by atoms with Crippen LogP contribution in [-0.4, -0.2) is 16.9 Å². The summed E-state index contributed by atoms with van der Waals surface area (Å²) < 4.78 is 1.58. The first-order chi connectivity index (χ1) is 8.02. The Morgan fingerprint density at radius 2 is 1.94 bits per heavy atom. The van der Waals surface area contributed by atoms with Crippen LogP contribution in [0.3, 0.4) is 0 Å². The number of aliphatic carboxylic acids is 1. The van der Waals surface area contributed by atoms with Crippen LogP contribution in [0.1, 0.15) is 28.9 Å². The minimum Gasteiger partial charge on any atom is -0.481 e. The Morgan fingerprint density at radius 3 is 2.47 bits per heavy atom. The van der Waals surface area contributed by atoms with Crippen molar-refractivity contribution in [3.8, 4) is 0 Å². The van der Waals surface area contributed by atoms with Crippen molar-refractivity contribution >= 4 is 54.9 Å². The highest BCUT2D eigenvalue weighted by molar-refractivity contribution is 9.13. The first-order valence-corrected chi connectivity index (χ1v) is 7.68. The van der Waals surface area contributed by atoms with Gasteiger partial charge in [-0.15, -0.1) is 11.3 Å². The van der Waals surface area contributed by atoms with Crippen LogP contribution in [0.5, 0.6) is 0 Å². The number of Topliss-reactive ketones (excluding diaryl/α,β-unsaturated/α-hetero) is 1. The van der Waals surface area contributed by atoms with Crippen molar-refractivity contribution in [1.82, 2.24) is 0 Å². The molecule has 0 aromatic carbocycles. The van der Waals surface area contributed by atoms with Crippen molar-refractivity contribution < 1.29 is 14.7 Å². The predicted octanol–water partition coefficient (Wildman–Crippen LogP) is 3.96. The fourth-order valence-electron chi connectivity index (χ4n) is 2.23. The number of carboxylic acids is 1. The lowest BCUT2D eigenvalue weighted by Gasteiger charge is -2.13. The third-order valence-electron chi connectivity index (χ3n) is 3.08. The van der Waals surface area contributed by atoms with Crippen molar-refractivity contribution in [2.24, 2.45) is 11.8 Å². The molecule has 1 heterocycles. The summed E-state index contributed by atoms with van der Waals surface area (Å²) in [5, 5.41) is 10.9. The van der Waals surface area contributed by atoms with E-state index >= 15 is 0 Å². The zero-order valence-corrected chi connectivity index (χ0v) is 12.8. The van der Waals surface area contributed by atoms with Crippen molar-refractivity contribution in [2.75, 3.05) is 0 Å². The lowest BCUT2D eigenvalue weighted by Crippen LogP contribution is -2.25. The van der Waals surface area contributed by atoms with Gasteiger partial charge in [0.05, 0.1) is 15.3 Å². The normalized spacial score (nSPS) is 23.9. The Morgan fingerprint density at radius 1 is 1.29 bits per heavy atom. The number of hydrogen-bond donors (Lipinski definition) is 1. The molecule has 1 saturated carbocycles. The Bertz CT molecular complexity index is 469. The fraction of sp³-hybridized carbons (Fsp3) is 0.455. The van der Waals surface area contributed by atoms with E-state index in [0.29, 0.717) is 17.7 Å². The zero-order chi connectivity index (χ0) is 12.6. The van der Waals surface area contributed by atoms with Gasteiger partial charge in [-0.05, 0) is 44.7 Å². The molecule has 1 aromatic heterocycles. The second-order valence-corrected chi connectivity index (χ2v) is 6.60. The van der Waals surface area contributed by atoms with E-state index < -0.39 is 11.9 Å². The summed E-state index contributed by atoms with van der Waals surface area (Å²) in [4.78, 5) is 24.0. The molecule has 0 radical (unpaired) electrons. The smallest absolute Gasteiger partial charge is 0.307 e. The molecule has 2 unspecified atom stereocenters. The lowest BCUT2D eigenvalue weighted by atomic mass is 9.91. The molecule has 1 aliphatic rings. The minimum absolute atomic E-state index is 0.0440. The highest BCUT2D eigenvalue weighted by Gasteiger charge is 2.39. The average molecular weight is 382 g/mol. The standard InChI is InChI=1S/C11H10Br2O3S/c12-7-4-17-10(8(7)13)9(14)5-2-1-3-6(5)11(15)16/h4-6H,1-3H2,(H,15,16). The van der Waals surface area contributed by atoms with Crippen molar-refractivity contribution in [3.05, 3.63) is 19.2 Å². The van der Waals surface area contributed by atoms with Gasteiger partial charge in [0.25, 0.3) is 0 Å². The molecule has 6 heteroatoms. The third kappa shape index (κ3) is 2.48. The minimum atomic E-state index is -0.854. The van der Waals surface area contributed by atoms with Gasteiger partial charge in [0, 0.05) is 15.8 Å². The second kappa shape index (κ2) is 5.20. The Kier molecular flexibility index (Phi) is 4.05. The number of carbonyl (C=O) groups excluding carboxylic acids is 1. The highest BCUT2D eigenvalue weighted by Crippen LogP contribution is 2.39. The van der Waals surface area contributed by atoms with E-state index in [9.17, 15) is 9.59 Å². The molecular formula is C11H10Br2O3S. The molecule has 0 amide bonds. The van der Waals surface area contributed by atoms with Crippen molar-refractivity contribution in [2.45, 2.75) is 19.3 Å². The molecule has 2 atom stereocenters. The Balaban J connectivity index is 2.26. The predicted molar refractivity (Wildman–Crippen MR) is 72.5 cm³/mol. The molecule has 17 heavy (non-hydrogen) atoms. The molecule has 0 saturated heterocycles.